The van der Waals surface area contributed by atoms with Crippen molar-refractivity contribution in [3.63, 3.8) is 0 Å². The standard InChI is InChI=1S/C16H21N3O2/c1-2-20-12-3-4-13-15(9-12)21-18-16(13)17-14-10-19-7-5-11(14)6-8-19/h3-4,9,11,14H,2,5-8,10H2,1H3,(H,17,18)/t14-/m1/s1. The molecular formula is C16H21N3O2. The van der Waals surface area contributed by atoms with E-state index >= 15 is 0 Å². The van der Waals surface area contributed by atoms with Crippen LogP contribution in [-0.4, -0.2) is 42.3 Å². The average Bonchev–Trinajstić information content (AvgIpc) is 2.91. The van der Waals surface area contributed by atoms with Crippen molar-refractivity contribution in [2.45, 2.75) is 25.8 Å². The van der Waals surface area contributed by atoms with Crippen LogP contribution in [0.5, 0.6) is 5.75 Å². The van der Waals surface area contributed by atoms with Crippen molar-refractivity contribution < 1.29 is 9.26 Å². The van der Waals surface area contributed by atoms with Crippen molar-refractivity contribution in [3.05, 3.63) is 18.2 Å². The molecule has 2 aromatic rings. The monoisotopic (exact) mass is 287 g/mol. The van der Waals surface area contributed by atoms with E-state index in [1.807, 2.05) is 25.1 Å². The molecule has 3 fully saturated rings. The number of hydrogen-bond acceptors (Lipinski definition) is 5. The number of hydrogen-bond donors (Lipinski definition) is 1. The zero-order chi connectivity index (χ0) is 14.2. The maximum Gasteiger partial charge on any atom is 0.177 e. The van der Waals surface area contributed by atoms with Gasteiger partial charge in [0.1, 0.15) is 5.75 Å². The fraction of sp³-hybridized carbons (Fsp3) is 0.562. The van der Waals surface area contributed by atoms with Crippen LogP contribution in [0.2, 0.25) is 0 Å². The molecule has 1 atom stereocenters. The highest BCUT2D eigenvalue weighted by Crippen LogP contribution is 2.32. The van der Waals surface area contributed by atoms with Gasteiger partial charge in [0, 0.05) is 18.7 Å². The first-order chi connectivity index (χ1) is 10.3. The zero-order valence-electron chi connectivity index (χ0n) is 12.3. The van der Waals surface area contributed by atoms with Gasteiger partial charge in [-0.15, -0.1) is 0 Å². The molecule has 4 heterocycles. The predicted octanol–water partition coefficient (Wildman–Crippen LogP) is 2.73. The topological polar surface area (TPSA) is 50.5 Å². The second-order valence-corrected chi connectivity index (χ2v) is 6.01. The summed E-state index contributed by atoms with van der Waals surface area (Å²) in [5.74, 6) is 2.46. The molecule has 0 radical (unpaired) electrons. The van der Waals surface area contributed by atoms with Crippen LogP contribution >= 0.6 is 0 Å². The van der Waals surface area contributed by atoms with Crippen LogP contribution in [0.15, 0.2) is 22.7 Å². The second kappa shape index (κ2) is 5.22. The highest BCUT2D eigenvalue weighted by molar-refractivity contribution is 5.89. The van der Waals surface area contributed by atoms with Gasteiger partial charge in [-0.2, -0.15) is 0 Å². The van der Waals surface area contributed by atoms with Gasteiger partial charge in [0.25, 0.3) is 0 Å². The summed E-state index contributed by atoms with van der Waals surface area (Å²) in [6.07, 6.45) is 2.59. The Morgan fingerprint density at radius 3 is 2.95 bits per heavy atom. The summed E-state index contributed by atoms with van der Waals surface area (Å²) in [7, 11) is 0. The first-order valence-corrected chi connectivity index (χ1v) is 7.84. The van der Waals surface area contributed by atoms with Crippen molar-refractivity contribution >= 4 is 16.8 Å². The number of aromatic nitrogens is 1. The van der Waals surface area contributed by atoms with Gasteiger partial charge in [-0.25, -0.2) is 0 Å². The largest absolute Gasteiger partial charge is 0.494 e. The minimum atomic E-state index is 0.493. The van der Waals surface area contributed by atoms with E-state index in [-0.39, 0.29) is 0 Å². The van der Waals surface area contributed by atoms with Gasteiger partial charge < -0.3 is 19.5 Å². The van der Waals surface area contributed by atoms with Gasteiger partial charge in [-0.1, -0.05) is 5.16 Å². The molecule has 5 nitrogen and oxygen atoms in total. The van der Waals surface area contributed by atoms with Gasteiger partial charge in [0.2, 0.25) is 0 Å². The lowest BCUT2D eigenvalue weighted by molar-refractivity contribution is 0.0973. The summed E-state index contributed by atoms with van der Waals surface area (Å²) in [5.41, 5.74) is 0.782. The second-order valence-electron chi connectivity index (χ2n) is 6.01. The molecule has 0 unspecified atom stereocenters. The van der Waals surface area contributed by atoms with E-state index in [2.05, 4.69) is 15.4 Å². The molecule has 112 valence electrons. The molecule has 0 aliphatic carbocycles. The van der Waals surface area contributed by atoms with Gasteiger partial charge in [0.05, 0.1) is 12.0 Å². The number of nitrogens with one attached hydrogen (secondary N) is 1. The van der Waals surface area contributed by atoms with Gasteiger partial charge >= 0.3 is 0 Å². The Morgan fingerprint density at radius 1 is 1.38 bits per heavy atom. The van der Waals surface area contributed by atoms with E-state index < -0.39 is 0 Å². The number of nitrogens with zero attached hydrogens (tertiary/aromatic N) is 2. The van der Waals surface area contributed by atoms with Crippen molar-refractivity contribution in [3.8, 4) is 5.75 Å². The van der Waals surface area contributed by atoms with E-state index in [9.17, 15) is 0 Å². The van der Waals surface area contributed by atoms with Gasteiger partial charge in [-0.05, 0) is 50.9 Å². The molecule has 5 heteroatoms. The molecule has 0 amide bonds. The van der Waals surface area contributed by atoms with Crippen LogP contribution in [0.3, 0.4) is 0 Å². The third-order valence-corrected chi connectivity index (χ3v) is 4.73. The minimum absolute atomic E-state index is 0.493. The number of benzene rings is 1. The maximum absolute atomic E-state index is 5.50. The molecule has 1 aromatic carbocycles. The molecule has 5 rings (SSSR count). The van der Waals surface area contributed by atoms with Gasteiger partial charge in [0.15, 0.2) is 11.4 Å². The van der Waals surface area contributed by atoms with Crippen LogP contribution in [-0.2, 0) is 0 Å². The summed E-state index contributed by atoms with van der Waals surface area (Å²) in [5, 5.41) is 8.85. The van der Waals surface area contributed by atoms with Crippen LogP contribution in [0.1, 0.15) is 19.8 Å². The van der Waals surface area contributed by atoms with Crippen molar-refractivity contribution in [2.75, 3.05) is 31.6 Å². The summed E-state index contributed by atoms with van der Waals surface area (Å²) >= 11 is 0. The summed E-state index contributed by atoms with van der Waals surface area (Å²) in [4.78, 5) is 2.53. The highest BCUT2D eigenvalue weighted by atomic mass is 16.5. The molecule has 1 N–H and O–H groups in total. The Balaban J connectivity index is 1.56. The summed E-state index contributed by atoms with van der Waals surface area (Å²) < 4.78 is 11.0. The Hall–Kier alpha value is -1.75. The number of rotatable bonds is 4. The number of fused-ring (bicyclic) bond motifs is 4. The van der Waals surface area contributed by atoms with Crippen LogP contribution in [0.25, 0.3) is 11.0 Å². The Morgan fingerprint density at radius 2 is 2.24 bits per heavy atom. The molecule has 3 aliphatic heterocycles. The van der Waals surface area contributed by atoms with Crippen LogP contribution < -0.4 is 10.1 Å². The minimum Gasteiger partial charge on any atom is -0.494 e. The van der Waals surface area contributed by atoms with Crippen molar-refractivity contribution in [1.82, 2.24) is 10.1 Å². The quantitative estimate of drug-likeness (QED) is 0.937. The lowest BCUT2D eigenvalue weighted by atomic mass is 9.84. The van der Waals surface area contributed by atoms with E-state index in [1.165, 1.54) is 25.9 Å². The van der Waals surface area contributed by atoms with Crippen molar-refractivity contribution in [1.29, 1.82) is 0 Å². The molecule has 3 saturated heterocycles. The first-order valence-electron chi connectivity index (χ1n) is 7.84. The molecule has 2 bridgehead atoms. The molecular weight excluding hydrogens is 266 g/mol. The molecule has 3 aliphatic rings. The Bertz CT molecular complexity index is 631. The number of ether oxygens (including phenoxy) is 1. The van der Waals surface area contributed by atoms with E-state index in [0.717, 1.165) is 35.0 Å². The van der Waals surface area contributed by atoms with Crippen molar-refractivity contribution in [2.24, 2.45) is 5.92 Å². The molecule has 0 spiro atoms. The first kappa shape index (κ1) is 13.0. The van der Waals surface area contributed by atoms with E-state index in [4.69, 9.17) is 9.26 Å². The lowest BCUT2D eigenvalue weighted by Gasteiger charge is -2.44. The number of anilines is 1. The third-order valence-electron chi connectivity index (χ3n) is 4.73. The zero-order valence-corrected chi connectivity index (χ0v) is 12.3. The van der Waals surface area contributed by atoms with Gasteiger partial charge in [-0.3, -0.25) is 0 Å². The fourth-order valence-corrected chi connectivity index (χ4v) is 3.58. The number of piperidine rings is 3. The molecule has 1 aromatic heterocycles. The fourth-order valence-electron chi connectivity index (χ4n) is 3.58. The Labute approximate surface area is 124 Å². The normalized spacial score (nSPS) is 28.0. The lowest BCUT2D eigenvalue weighted by Crippen LogP contribution is -2.53. The average molecular weight is 287 g/mol. The maximum atomic E-state index is 5.50. The third kappa shape index (κ3) is 2.35. The smallest absolute Gasteiger partial charge is 0.177 e. The summed E-state index contributed by atoms with van der Waals surface area (Å²) in [6, 6.07) is 6.41. The van der Waals surface area contributed by atoms with E-state index in [1.54, 1.807) is 0 Å². The Kier molecular flexibility index (Phi) is 3.22. The van der Waals surface area contributed by atoms with Crippen LogP contribution in [0.4, 0.5) is 5.82 Å². The van der Waals surface area contributed by atoms with Crippen LogP contribution in [0, 0.1) is 5.92 Å². The predicted molar refractivity (Wildman–Crippen MR) is 81.8 cm³/mol. The molecule has 0 saturated carbocycles. The SMILES string of the molecule is CCOc1ccc2c(N[C@@H]3CN4CCC3CC4)noc2c1. The summed E-state index contributed by atoms with van der Waals surface area (Å²) in [6.45, 7) is 6.26. The highest BCUT2D eigenvalue weighted by Gasteiger charge is 2.34. The molecule has 21 heavy (non-hydrogen) atoms. The van der Waals surface area contributed by atoms with E-state index in [0.29, 0.717) is 12.6 Å².